The van der Waals surface area contributed by atoms with E-state index in [-0.39, 0.29) is 17.6 Å². The van der Waals surface area contributed by atoms with E-state index in [9.17, 15) is 14.0 Å². The van der Waals surface area contributed by atoms with Gasteiger partial charge in [0.2, 0.25) is 12.4 Å². The second kappa shape index (κ2) is 12.8. The molecule has 0 radical (unpaired) electrons. The molecule has 1 aromatic carbocycles. The van der Waals surface area contributed by atoms with Gasteiger partial charge in [-0.1, -0.05) is 55.1 Å². The molecule has 0 bridgehead atoms. The third kappa shape index (κ3) is 7.78. The molecule has 0 spiro atoms. The summed E-state index contributed by atoms with van der Waals surface area (Å²) in [6, 6.07) is 6.90. The van der Waals surface area contributed by atoms with Crippen LogP contribution in [-0.4, -0.2) is 51.1 Å². The number of rotatable bonds is 7. The zero-order chi connectivity index (χ0) is 24.4. The van der Waals surface area contributed by atoms with Crippen molar-refractivity contribution in [3.8, 4) is 11.3 Å². The lowest BCUT2D eigenvalue weighted by atomic mass is 10.1. The largest absolute Gasteiger partial charge is 0.351 e. The molecule has 1 aliphatic heterocycles. The Kier molecular flexibility index (Phi) is 10.2. The van der Waals surface area contributed by atoms with E-state index < -0.39 is 5.82 Å². The molecule has 2 aromatic rings. The molecule has 2 amide bonds. The second-order valence-electron chi connectivity index (χ2n) is 7.61. The number of likely N-dealkylation sites (tertiary alicyclic amines) is 1. The summed E-state index contributed by atoms with van der Waals surface area (Å²) in [7, 11) is 0. The normalized spacial score (nSPS) is 13.5. The van der Waals surface area contributed by atoms with Gasteiger partial charge >= 0.3 is 0 Å². The van der Waals surface area contributed by atoms with Gasteiger partial charge in [0.1, 0.15) is 5.69 Å². The molecule has 1 fully saturated rings. The zero-order valence-electron chi connectivity index (χ0n) is 18.9. The number of anilines is 2. The molecule has 2 heterocycles. The Balaban J connectivity index is 0.000000890. The Hall–Kier alpha value is -3.07. The lowest BCUT2D eigenvalue weighted by Crippen LogP contribution is -2.38. The topological polar surface area (TPSA) is 78.4 Å². The van der Waals surface area contributed by atoms with Crippen molar-refractivity contribution in [2.75, 3.05) is 23.3 Å². The average Bonchev–Trinajstić information content (AvgIpc) is 2.81. The van der Waals surface area contributed by atoms with Crippen molar-refractivity contribution in [1.29, 1.82) is 0 Å². The highest BCUT2D eigenvalue weighted by Gasteiger charge is 2.20. The van der Waals surface area contributed by atoms with Crippen LogP contribution in [0.2, 0.25) is 0 Å². The predicted octanol–water partition coefficient (Wildman–Crippen LogP) is 4.77. The summed E-state index contributed by atoms with van der Waals surface area (Å²) < 4.78 is 14.5. The Morgan fingerprint density at radius 1 is 1.33 bits per heavy atom. The summed E-state index contributed by atoms with van der Waals surface area (Å²) in [6.45, 7) is 12.6. The number of aromatic nitrogens is 2. The molecule has 0 atom stereocenters. The fourth-order valence-electron chi connectivity index (χ4n) is 3.19. The van der Waals surface area contributed by atoms with Crippen LogP contribution in [0, 0.1) is 5.82 Å². The maximum absolute atomic E-state index is 14.5. The predicted molar refractivity (Wildman–Crippen MR) is 134 cm³/mol. The first-order chi connectivity index (χ1) is 15.8. The minimum Gasteiger partial charge on any atom is -0.351 e. The summed E-state index contributed by atoms with van der Waals surface area (Å²) in [5.41, 5.74) is 1.16. The average molecular weight is 518 g/mol. The molecule has 176 valence electrons. The first-order valence-electron chi connectivity index (χ1n) is 10.6. The fourth-order valence-corrected chi connectivity index (χ4v) is 3.19. The van der Waals surface area contributed by atoms with Crippen molar-refractivity contribution >= 4 is 39.9 Å². The van der Waals surface area contributed by atoms with Gasteiger partial charge in [0.05, 0.1) is 6.20 Å². The smallest absolute Gasteiger partial charge is 0.254 e. The molecule has 1 aromatic heterocycles. The van der Waals surface area contributed by atoms with Gasteiger partial charge in [-0.2, -0.15) is 0 Å². The summed E-state index contributed by atoms with van der Waals surface area (Å²) in [6.07, 6.45) is 6.05. The quantitative estimate of drug-likeness (QED) is 0.325. The highest BCUT2D eigenvalue weighted by molar-refractivity contribution is 9.09. The Morgan fingerprint density at radius 2 is 2.00 bits per heavy atom. The molecular weight excluding hydrogens is 489 g/mol. The molecule has 9 heteroatoms. The van der Waals surface area contributed by atoms with Crippen LogP contribution in [0.3, 0.4) is 0 Å². The first kappa shape index (κ1) is 26.2. The van der Waals surface area contributed by atoms with E-state index in [4.69, 9.17) is 0 Å². The molecule has 3 rings (SSSR count). The number of amides is 2. The van der Waals surface area contributed by atoms with Crippen LogP contribution < -0.4 is 10.2 Å². The van der Waals surface area contributed by atoms with E-state index in [1.807, 2.05) is 0 Å². The van der Waals surface area contributed by atoms with E-state index in [1.165, 1.54) is 17.2 Å². The van der Waals surface area contributed by atoms with Crippen LogP contribution in [0.1, 0.15) is 26.7 Å². The highest BCUT2D eigenvalue weighted by Crippen LogP contribution is 2.27. The number of nitrogens with zero attached hydrogens (tertiary/aromatic N) is 4. The van der Waals surface area contributed by atoms with Gasteiger partial charge in [0, 0.05) is 41.4 Å². The van der Waals surface area contributed by atoms with Crippen molar-refractivity contribution in [2.24, 2.45) is 0 Å². The van der Waals surface area contributed by atoms with Crippen molar-refractivity contribution in [1.82, 2.24) is 14.9 Å². The molecule has 0 aliphatic carbocycles. The van der Waals surface area contributed by atoms with Crippen LogP contribution in [0.5, 0.6) is 0 Å². The number of nitrogens with one attached hydrogen (secondary N) is 1. The minimum absolute atomic E-state index is 0.109. The van der Waals surface area contributed by atoms with Gasteiger partial charge in [0.25, 0.3) is 5.91 Å². The molecule has 7 nitrogen and oxygen atoms in total. The van der Waals surface area contributed by atoms with E-state index in [0.717, 1.165) is 25.4 Å². The van der Waals surface area contributed by atoms with Crippen LogP contribution in [-0.2, 0) is 9.59 Å². The molecule has 1 N–H and O–H groups in total. The number of carbonyl (C=O) groups excluding carboxylic acids is 2. The Bertz CT molecular complexity index is 974. The van der Waals surface area contributed by atoms with Crippen molar-refractivity contribution < 1.29 is 14.0 Å². The van der Waals surface area contributed by atoms with Gasteiger partial charge in [-0.05, 0) is 31.1 Å². The minimum atomic E-state index is -0.566. The van der Waals surface area contributed by atoms with Crippen molar-refractivity contribution in [2.45, 2.75) is 37.6 Å². The van der Waals surface area contributed by atoms with Gasteiger partial charge in [0.15, 0.2) is 5.82 Å². The molecule has 1 aliphatic rings. The molecule has 0 unspecified atom stereocenters. The third-order valence-electron chi connectivity index (χ3n) is 4.75. The van der Waals surface area contributed by atoms with Gasteiger partial charge in [-0.3, -0.25) is 14.5 Å². The van der Waals surface area contributed by atoms with Crippen LogP contribution in [0.4, 0.5) is 16.0 Å². The van der Waals surface area contributed by atoms with Crippen molar-refractivity contribution in [3.05, 3.63) is 61.7 Å². The number of hydrogen-bond donors (Lipinski definition) is 1. The number of halogens is 2. The van der Waals surface area contributed by atoms with Crippen LogP contribution in [0.25, 0.3) is 11.3 Å². The number of carbonyl (C=O) groups is 2. The van der Waals surface area contributed by atoms with E-state index >= 15 is 0 Å². The molecular formula is C24H29BrFN5O2. The zero-order valence-corrected chi connectivity index (χ0v) is 20.5. The number of hydrogen-bond acceptors (Lipinski definition) is 5. The van der Waals surface area contributed by atoms with E-state index in [0.29, 0.717) is 35.1 Å². The third-order valence-corrected chi connectivity index (χ3v) is 4.75. The molecule has 1 saturated heterocycles. The number of alkyl halides is 1. The summed E-state index contributed by atoms with van der Waals surface area (Å²) in [5.74, 6) is -0.591. The number of benzene rings is 1. The summed E-state index contributed by atoms with van der Waals surface area (Å²) in [4.78, 5) is 34.9. The highest BCUT2D eigenvalue weighted by atomic mass is 79.9. The summed E-state index contributed by atoms with van der Waals surface area (Å²) in [5, 5.41) is 3.21. The van der Waals surface area contributed by atoms with E-state index in [2.05, 4.69) is 58.2 Å². The van der Waals surface area contributed by atoms with Gasteiger partial charge in [-0.25, -0.2) is 14.4 Å². The standard InChI is InChI=1S/C21H22FN5O2.C3H7Br/c1-3-19(29)27(4-2)17-7-5-6-15(12-17)20-18(22)13-23-21(25-20)24-16-8-10-26(14-28)11-9-16;1-3(2)4/h3-7,12-14,16H,1-2,8-11H2,(H,23,24,25);3H,1-2H3. The SMILES string of the molecule is C=CC(=O)N(C=C)c1cccc(-c2nc(NC3CCN(C=O)CC3)ncc2F)c1.CC(C)Br. The number of piperidine rings is 1. The van der Waals surface area contributed by atoms with Gasteiger partial charge in [-0.15, -0.1) is 0 Å². The Labute approximate surface area is 202 Å². The molecule has 0 saturated carbocycles. The first-order valence-corrected chi connectivity index (χ1v) is 11.5. The fraction of sp³-hybridized carbons (Fsp3) is 0.333. The second-order valence-corrected chi connectivity index (χ2v) is 9.44. The monoisotopic (exact) mass is 517 g/mol. The van der Waals surface area contributed by atoms with Gasteiger partial charge < -0.3 is 10.2 Å². The molecule has 33 heavy (non-hydrogen) atoms. The van der Waals surface area contributed by atoms with Crippen molar-refractivity contribution in [3.63, 3.8) is 0 Å². The maximum Gasteiger partial charge on any atom is 0.254 e. The van der Waals surface area contributed by atoms with Crippen LogP contribution in [0.15, 0.2) is 55.9 Å². The lowest BCUT2D eigenvalue weighted by molar-refractivity contribution is -0.119. The Morgan fingerprint density at radius 3 is 2.58 bits per heavy atom. The maximum atomic E-state index is 14.5. The lowest BCUT2D eigenvalue weighted by Gasteiger charge is -2.29. The summed E-state index contributed by atoms with van der Waals surface area (Å²) >= 11 is 3.27. The van der Waals surface area contributed by atoms with E-state index in [1.54, 1.807) is 29.2 Å². The van der Waals surface area contributed by atoms with Crippen LogP contribution >= 0.6 is 15.9 Å².